The normalized spacial score (nSPS) is 12.4. The molecule has 0 radical (unpaired) electrons. The molecule has 1 aromatic heterocycles. The number of tetrazole rings is 1. The maximum Gasteiger partial charge on any atom is 0.176 e. The first-order valence-corrected chi connectivity index (χ1v) is 6.27. The van der Waals surface area contributed by atoms with E-state index < -0.39 is 0 Å². The molecule has 2 aromatic rings. The van der Waals surface area contributed by atoms with E-state index in [4.69, 9.17) is 0 Å². The van der Waals surface area contributed by atoms with Crippen LogP contribution in [0, 0.1) is 0 Å². The van der Waals surface area contributed by atoms with Crippen molar-refractivity contribution in [2.24, 2.45) is 7.05 Å². The van der Waals surface area contributed by atoms with E-state index >= 15 is 0 Å². The van der Waals surface area contributed by atoms with Gasteiger partial charge in [-0.1, -0.05) is 12.1 Å². The first kappa shape index (κ1) is 13.5. The van der Waals surface area contributed by atoms with E-state index in [-0.39, 0.29) is 6.04 Å². The summed E-state index contributed by atoms with van der Waals surface area (Å²) >= 11 is 0. The predicted molar refractivity (Wildman–Crippen MR) is 75.1 cm³/mol. The Morgan fingerprint density at radius 3 is 2.74 bits per heavy atom. The molecule has 2 rings (SSSR count). The molecule has 0 aliphatic rings. The van der Waals surface area contributed by atoms with Crippen molar-refractivity contribution in [3.8, 4) is 0 Å². The Kier molecular flexibility index (Phi) is 4.11. The maximum absolute atomic E-state index is 4.23. The number of anilines is 1. The monoisotopic (exact) mass is 260 g/mol. The summed E-state index contributed by atoms with van der Waals surface area (Å²) < 4.78 is 0. The Labute approximate surface area is 113 Å². The number of rotatable bonds is 5. The predicted octanol–water partition coefficient (Wildman–Crippen LogP) is 0.779. The highest BCUT2D eigenvalue weighted by Crippen LogP contribution is 2.21. The Bertz CT molecular complexity index is 533. The van der Waals surface area contributed by atoms with Gasteiger partial charge in [0, 0.05) is 32.2 Å². The summed E-state index contributed by atoms with van der Waals surface area (Å²) in [4.78, 5) is 3.58. The summed E-state index contributed by atoms with van der Waals surface area (Å²) in [5.41, 5.74) is 2.41. The number of nitrogens with zero attached hydrogens (tertiary/aromatic N) is 5. The van der Waals surface area contributed by atoms with Gasteiger partial charge in [-0.25, -0.2) is 0 Å². The van der Waals surface area contributed by atoms with E-state index in [1.807, 2.05) is 21.1 Å². The molecular weight excluding hydrogens is 240 g/mol. The van der Waals surface area contributed by atoms with Crippen molar-refractivity contribution in [2.45, 2.75) is 12.5 Å². The van der Waals surface area contributed by atoms with Crippen molar-refractivity contribution in [1.82, 2.24) is 25.5 Å². The number of benzene rings is 1. The molecule has 0 spiro atoms. The van der Waals surface area contributed by atoms with Gasteiger partial charge < -0.3 is 10.2 Å². The fourth-order valence-electron chi connectivity index (χ4n) is 1.99. The second-order valence-electron chi connectivity index (χ2n) is 4.73. The molecule has 1 heterocycles. The van der Waals surface area contributed by atoms with Crippen LogP contribution in [0.3, 0.4) is 0 Å². The lowest BCUT2D eigenvalue weighted by atomic mass is 10.0. The van der Waals surface area contributed by atoms with Crippen molar-refractivity contribution < 1.29 is 0 Å². The van der Waals surface area contributed by atoms with Crippen LogP contribution in [0.4, 0.5) is 5.69 Å². The van der Waals surface area contributed by atoms with Crippen LogP contribution in [0.1, 0.15) is 17.4 Å². The number of likely N-dealkylation sites (N-methyl/N-ethyl adjacent to an activating group) is 1. The quantitative estimate of drug-likeness (QED) is 0.861. The van der Waals surface area contributed by atoms with Crippen LogP contribution in [0.2, 0.25) is 0 Å². The largest absolute Gasteiger partial charge is 0.378 e. The van der Waals surface area contributed by atoms with Gasteiger partial charge in [-0.3, -0.25) is 0 Å². The van der Waals surface area contributed by atoms with Crippen molar-refractivity contribution in [1.29, 1.82) is 0 Å². The van der Waals surface area contributed by atoms with E-state index in [1.54, 1.807) is 7.05 Å². The van der Waals surface area contributed by atoms with Gasteiger partial charge in [0.05, 0.1) is 7.05 Å². The van der Waals surface area contributed by atoms with E-state index in [1.165, 1.54) is 16.0 Å². The second-order valence-corrected chi connectivity index (χ2v) is 4.73. The van der Waals surface area contributed by atoms with Crippen LogP contribution in [-0.2, 0) is 13.5 Å². The Balaban J connectivity index is 2.19. The average Bonchev–Trinajstić information content (AvgIpc) is 2.81. The molecule has 102 valence electrons. The molecular formula is C13H20N6. The van der Waals surface area contributed by atoms with E-state index in [0.717, 1.165) is 12.2 Å². The highest BCUT2D eigenvalue weighted by atomic mass is 15.6. The van der Waals surface area contributed by atoms with Gasteiger partial charge in [0.1, 0.15) is 0 Å². The summed E-state index contributed by atoms with van der Waals surface area (Å²) in [6.07, 6.45) is 0.723. The summed E-state index contributed by atoms with van der Waals surface area (Å²) in [5, 5.41) is 15.4. The van der Waals surface area contributed by atoms with Gasteiger partial charge >= 0.3 is 0 Å². The maximum atomic E-state index is 4.23. The van der Waals surface area contributed by atoms with Gasteiger partial charge in [-0.15, -0.1) is 10.2 Å². The smallest absolute Gasteiger partial charge is 0.176 e. The number of aromatic nitrogens is 4. The number of nitrogens with one attached hydrogen (secondary N) is 1. The van der Waals surface area contributed by atoms with Crippen molar-refractivity contribution in [2.75, 3.05) is 26.0 Å². The third kappa shape index (κ3) is 3.29. The number of hydrogen-bond donors (Lipinski definition) is 1. The highest BCUT2D eigenvalue weighted by molar-refractivity contribution is 5.47. The average molecular weight is 260 g/mol. The zero-order chi connectivity index (χ0) is 13.8. The highest BCUT2D eigenvalue weighted by Gasteiger charge is 2.14. The lowest BCUT2D eigenvalue weighted by Gasteiger charge is -2.18. The third-order valence-electron chi connectivity index (χ3n) is 3.07. The standard InChI is InChI=1S/C13H20N6/c1-14-12(9-13-15-17-19(4)16-13)10-6-5-7-11(8-10)18(2)3/h5-8,12,14H,9H2,1-4H3. The summed E-state index contributed by atoms with van der Waals surface area (Å²) in [7, 11) is 7.80. The van der Waals surface area contributed by atoms with Crippen molar-refractivity contribution in [3.63, 3.8) is 0 Å². The van der Waals surface area contributed by atoms with E-state index in [2.05, 4.69) is 49.9 Å². The fourth-order valence-corrected chi connectivity index (χ4v) is 1.99. The van der Waals surface area contributed by atoms with E-state index in [0.29, 0.717) is 0 Å². The van der Waals surface area contributed by atoms with Crippen LogP contribution >= 0.6 is 0 Å². The molecule has 6 nitrogen and oxygen atoms in total. The summed E-state index contributed by atoms with van der Waals surface area (Å²) in [5.74, 6) is 0.747. The SMILES string of the molecule is CNC(Cc1nnn(C)n1)c1cccc(N(C)C)c1. The molecule has 0 saturated carbocycles. The molecule has 0 bridgehead atoms. The minimum absolute atomic E-state index is 0.184. The summed E-state index contributed by atoms with van der Waals surface area (Å²) in [6, 6.07) is 8.64. The summed E-state index contributed by atoms with van der Waals surface area (Å²) in [6.45, 7) is 0. The second kappa shape index (κ2) is 5.79. The Morgan fingerprint density at radius 1 is 1.37 bits per heavy atom. The van der Waals surface area contributed by atoms with Crippen molar-refractivity contribution >= 4 is 5.69 Å². The third-order valence-corrected chi connectivity index (χ3v) is 3.07. The number of aryl methyl sites for hydroxylation is 1. The number of hydrogen-bond acceptors (Lipinski definition) is 5. The van der Waals surface area contributed by atoms with Crippen LogP contribution in [0.25, 0.3) is 0 Å². The molecule has 0 aliphatic heterocycles. The first-order valence-electron chi connectivity index (χ1n) is 6.27. The van der Waals surface area contributed by atoms with Crippen LogP contribution in [0.5, 0.6) is 0 Å². The van der Waals surface area contributed by atoms with Gasteiger partial charge in [0.15, 0.2) is 5.82 Å². The molecule has 0 fully saturated rings. The van der Waals surface area contributed by atoms with Gasteiger partial charge in [0.2, 0.25) is 0 Å². The van der Waals surface area contributed by atoms with Crippen molar-refractivity contribution in [3.05, 3.63) is 35.7 Å². The molecule has 19 heavy (non-hydrogen) atoms. The Morgan fingerprint density at radius 2 is 2.16 bits per heavy atom. The van der Waals surface area contributed by atoms with Gasteiger partial charge in [-0.05, 0) is 30.0 Å². The lowest BCUT2D eigenvalue weighted by molar-refractivity contribution is 0.570. The molecule has 1 aromatic carbocycles. The molecule has 1 N–H and O–H groups in total. The Hall–Kier alpha value is -1.95. The topological polar surface area (TPSA) is 58.9 Å². The molecule has 0 aliphatic carbocycles. The molecule has 1 unspecified atom stereocenters. The lowest BCUT2D eigenvalue weighted by Crippen LogP contribution is -2.20. The van der Waals surface area contributed by atoms with E-state index in [9.17, 15) is 0 Å². The van der Waals surface area contributed by atoms with Gasteiger partial charge in [-0.2, -0.15) is 4.80 Å². The first-order chi connectivity index (χ1) is 9.10. The van der Waals surface area contributed by atoms with Crippen LogP contribution < -0.4 is 10.2 Å². The molecule has 1 atom stereocenters. The molecule has 0 amide bonds. The van der Waals surface area contributed by atoms with Crippen LogP contribution in [-0.4, -0.2) is 41.4 Å². The molecule has 6 heteroatoms. The molecule has 0 saturated heterocycles. The fraction of sp³-hybridized carbons (Fsp3) is 0.462. The van der Waals surface area contributed by atoms with Gasteiger partial charge in [0.25, 0.3) is 0 Å². The minimum atomic E-state index is 0.184. The van der Waals surface area contributed by atoms with Crippen LogP contribution in [0.15, 0.2) is 24.3 Å². The zero-order valence-electron chi connectivity index (χ0n) is 11.8. The zero-order valence-corrected chi connectivity index (χ0v) is 11.8. The minimum Gasteiger partial charge on any atom is -0.378 e.